The minimum absolute atomic E-state index is 0.000321. The minimum Gasteiger partial charge on any atom is -0.497 e. The van der Waals surface area contributed by atoms with E-state index in [4.69, 9.17) is 24.7 Å². The van der Waals surface area contributed by atoms with Gasteiger partial charge in [0, 0.05) is 35.9 Å². The number of rotatable bonds is 9. The largest absolute Gasteiger partial charge is 0.497 e. The van der Waals surface area contributed by atoms with Gasteiger partial charge >= 0.3 is 5.97 Å². The van der Waals surface area contributed by atoms with E-state index in [-0.39, 0.29) is 24.4 Å². The van der Waals surface area contributed by atoms with Crippen LogP contribution in [0.25, 0.3) is 0 Å². The number of allylic oxidation sites excluding steroid dienone is 2. The van der Waals surface area contributed by atoms with Crippen molar-refractivity contribution in [2.75, 3.05) is 40.6 Å². The highest BCUT2D eigenvalue weighted by Crippen LogP contribution is 2.49. The van der Waals surface area contributed by atoms with Crippen molar-refractivity contribution in [2.45, 2.75) is 39.5 Å². The number of nitrogens with two attached hydrogens (primary N) is 1. The molecule has 0 saturated heterocycles. The van der Waals surface area contributed by atoms with Crippen molar-refractivity contribution in [2.24, 2.45) is 11.1 Å². The molecule has 2 aliphatic rings. The van der Waals surface area contributed by atoms with E-state index in [9.17, 15) is 9.59 Å². The van der Waals surface area contributed by atoms with Gasteiger partial charge in [0.25, 0.3) is 0 Å². The molecule has 1 aliphatic heterocycles. The van der Waals surface area contributed by atoms with Gasteiger partial charge in [-0.25, -0.2) is 4.79 Å². The number of Topliss-reactive ketones (excluding diaryl/α,β-unsaturated/α-hetero) is 1. The standard InChI is InChI=1S/C25H34N2O6/c1-6-33-24(29)23-18(14-32-10-9-26)27-17-12-25(2,3)13-19(28)22(17)21(23)16-8-7-15(30-4)11-20(16)31-5/h7-8,11,21,27H,6,9-10,12-14,26H2,1-5H3. The lowest BCUT2D eigenvalue weighted by atomic mass is 9.68. The van der Waals surface area contributed by atoms with Gasteiger partial charge in [0.2, 0.25) is 0 Å². The fraction of sp³-hybridized carbons (Fsp3) is 0.520. The van der Waals surface area contributed by atoms with Gasteiger partial charge in [-0.2, -0.15) is 0 Å². The van der Waals surface area contributed by atoms with Gasteiger partial charge in [0.05, 0.1) is 51.2 Å². The molecular weight excluding hydrogens is 424 g/mol. The zero-order valence-electron chi connectivity index (χ0n) is 20.1. The second-order valence-electron chi connectivity index (χ2n) is 8.95. The SMILES string of the molecule is CCOC(=O)C1=C(COCCN)NC2=C(C(=O)CC(C)(C)C2)C1c1ccc(OC)cc1OC. The first-order valence-corrected chi connectivity index (χ1v) is 11.2. The van der Waals surface area contributed by atoms with Crippen LogP contribution in [0.4, 0.5) is 0 Å². The van der Waals surface area contributed by atoms with Gasteiger partial charge in [0.1, 0.15) is 11.5 Å². The van der Waals surface area contributed by atoms with Crippen LogP contribution in [0, 0.1) is 5.41 Å². The lowest BCUT2D eigenvalue weighted by Gasteiger charge is -2.40. The van der Waals surface area contributed by atoms with Crippen LogP contribution in [-0.4, -0.2) is 52.3 Å². The summed E-state index contributed by atoms with van der Waals surface area (Å²) in [5, 5.41) is 3.36. The van der Waals surface area contributed by atoms with Crippen molar-refractivity contribution in [1.82, 2.24) is 5.32 Å². The normalized spacial score (nSPS) is 19.7. The van der Waals surface area contributed by atoms with Crippen LogP contribution in [-0.2, 0) is 19.1 Å². The van der Waals surface area contributed by atoms with Crippen molar-refractivity contribution in [3.8, 4) is 11.5 Å². The van der Waals surface area contributed by atoms with Crippen molar-refractivity contribution in [3.05, 3.63) is 46.3 Å². The number of esters is 1. The maximum absolute atomic E-state index is 13.5. The summed E-state index contributed by atoms with van der Waals surface area (Å²) < 4.78 is 22.1. The summed E-state index contributed by atoms with van der Waals surface area (Å²) in [5.74, 6) is -0.0113. The van der Waals surface area contributed by atoms with Crippen molar-refractivity contribution < 1.29 is 28.5 Å². The lowest BCUT2D eigenvalue weighted by Crippen LogP contribution is -2.40. The molecule has 1 heterocycles. The number of ketones is 1. The Morgan fingerprint density at radius 1 is 1.21 bits per heavy atom. The van der Waals surface area contributed by atoms with E-state index in [1.165, 1.54) is 0 Å². The number of hydrogen-bond donors (Lipinski definition) is 2. The molecule has 0 spiro atoms. The highest BCUT2D eigenvalue weighted by molar-refractivity contribution is 6.04. The van der Waals surface area contributed by atoms with Crippen LogP contribution in [0.15, 0.2) is 40.7 Å². The van der Waals surface area contributed by atoms with Crippen LogP contribution in [0.1, 0.15) is 45.1 Å². The topological polar surface area (TPSA) is 109 Å². The molecule has 180 valence electrons. The van der Waals surface area contributed by atoms with Gasteiger partial charge in [-0.1, -0.05) is 19.9 Å². The second-order valence-corrected chi connectivity index (χ2v) is 8.95. The van der Waals surface area contributed by atoms with Crippen LogP contribution >= 0.6 is 0 Å². The summed E-state index contributed by atoms with van der Waals surface area (Å²) in [4.78, 5) is 26.7. The second kappa shape index (κ2) is 10.4. The van der Waals surface area contributed by atoms with Crippen LogP contribution in [0.2, 0.25) is 0 Å². The van der Waals surface area contributed by atoms with E-state index in [2.05, 4.69) is 19.2 Å². The van der Waals surface area contributed by atoms with Gasteiger partial charge in [0.15, 0.2) is 5.78 Å². The number of methoxy groups -OCH3 is 2. The zero-order chi connectivity index (χ0) is 24.2. The van der Waals surface area contributed by atoms with E-state index < -0.39 is 11.9 Å². The molecule has 33 heavy (non-hydrogen) atoms. The molecule has 0 aromatic heterocycles. The monoisotopic (exact) mass is 458 g/mol. The number of hydrogen-bond acceptors (Lipinski definition) is 8. The minimum atomic E-state index is -0.652. The third kappa shape index (κ3) is 5.23. The Kier molecular flexibility index (Phi) is 7.81. The summed E-state index contributed by atoms with van der Waals surface area (Å²) >= 11 is 0. The number of carbonyl (C=O) groups is 2. The Morgan fingerprint density at radius 3 is 2.61 bits per heavy atom. The molecule has 8 heteroatoms. The number of carbonyl (C=O) groups excluding carboxylic acids is 2. The molecule has 1 atom stereocenters. The molecule has 0 bridgehead atoms. The molecule has 0 saturated carbocycles. The third-order valence-electron chi connectivity index (χ3n) is 5.88. The molecular formula is C25H34N2O6. The van der Waals surface area contributed by atoms with Crippen molar-refractivity contribution in [3.63, 3.8) is 0 Å². The van der Waals surface area contributed by atoms with Gasteiger partial charge in [-0.15, -0.1) is 0 Å². The van der Waals surface area contributed by atoms with E-state index in [1.807, 2.05) is 6.07 Å². The molecule has 1 aliphatic carbocycles. The fourth-order valence-corrected chi connectivity index (χ4v) is 4.54. The lowest BCUT2D eigenvalue weighted by molar-refractivity contribution is -0.139. The van der Waals surface area contributed by atoms with Gasteiger partial charge in [-0.3, -0.25) is 4.79 Å². The van der Waals surface area contributed by atoms with Crippen molar-refractivity contribution >= 4 is 11.8 Å². The fourth-order valence-electron chi connectivity index (χ4n) is 4.54. The number of dihydropyridines is 1. The third-order valence-corrected chi connectivity index (χ3v) is 5.88. The smallest absolute Gasteiger partial charge is 0.336 e. The number of benzene rings is 1. The van der Waals surface area contributed by atoms with Crippen LogP contribution in [0.5, 0.6) is 11.5 Å². The summed E-state index contributed by atoms with van der Waals surface area (Å²) in [6.45, 7) is 6.93. The first-order chi connectivity index (χ1) is 15.8. The summed E-state index contributed by atoms with van der Waals surface area (Å²) in [7, 11) is 3.13. The van der Waals surface area contributed by atoms with Crippen LogP contribution < -0.4 is 20.5 Å². The van der Waals surface area contributed by atoms with E-state index in [0.29, 0.717) is 59.9 Å². The molecule has 0 radical (unpaired) electrons. The number of nitrogens with one attached hydrogen (secondary N) is 1. The van der Waals surface area contributed by atoms with E-state index in [0.717, 1.165) is 5.70 Å². The number of ether oxygens (including phenoxy) is 4. The molecule has 3 rings (SSSR count). The maximum atomic E-state index is 13.5. The molecule has 3 N–H and O–H groups in total. The first kappa shape index (κ1) is 24.8. The van der Waals surface area contributed by atoms with E-state index in [1.54, 1.807) is 33.3 Å². The predicted octanol–water partition coefficient (Wildman–Crippen LogP) is 2.83. The van der Waals surface area contributed by atoms with Crippen LogP contribution in [0.3, 0.4) is 0 Å². The summed E-state index contributed by atoms with van der Waals surface area (Å²) in [5.41, 5.74) is 8.39. The highest BCUT2D eigenvalue weighted by Gasteiger charge is 2.44. The summed E-state index contributed by atoms with van der Waals surface area (Å²) in [6.07, 6.45) is 1.05. The quantitative estimate of drug-likeness (QED) is 0.430. The zero-order valence-corrected chi connectivity index (χ0v) is 20.1. The average molecular weight is 459 g/mol. The Morgan fingerprint density at radius 2 is 1.97 bits per heavy atom. The molecule has 1 aromatic rings. The van der Waals surface area contributed by atoms with Gasteiger partial charge in [-0.05, 0) is 24.8 Å². The molecule has 1 unspecified atom stereocenters. The Balaban J connectivity index is 2.24. The van der Waals surface area contributed by atoms with Gasteiger partial charge < -0.3 is 30.0 Å². The first-order valence-electron chi connectivity index (χ1n) is 11.2. The summed E-state index contributed by atoms with van der Waals surface area (Å²) in [6, 6.07) is 5.38. The Labute approximate surface area is 195 Å². The Hall–Kier alpha value is -2.84. The molecule has 8 nitrogen and oxygen atoms in total. The van der Waals surface area contributed by atoms with E-state index >= 15 is 0 Å². The Bertz CT molecular complexity index is 979. The highest BCUT2D eigenvalue weighted by atomic mass is 16.5. The predicted molar refractivity (Wildman–Crippen MR) is 124 cm³/mol. The molecule has 0 fully saturated rings. The van der Waals surface area contributed by atoms with Crippen molar-refractivity contribution in [1.29, 1.82) is 0 Å². The molecule has 0 amide bonds. The maximum Gasteiger partial charge on any atom is 0.336 e. The molecule has 1 aromatic carbocycles. The average Bonchev–Trinajstić information content (AvgIpc) is 2.77.